The SMILES string of the molecule is CCCNC(=O)CN(C)c1ccc(C)cc1C#N. The summed E-state index contributed by atoms with van der Waals surface area (Å²) in [4.78, 5) is 13.4. The minimum absolute atomic E-state index is 0.0242. The molecule has 1 N–H and O–H groups in total. The fourth-order valence-electron chi connectivity index (χ4n) is 1.69. The molecule has 1 rings (SSSR count). The molecule has 0 radical (unpaired) electrons. The van der Waals surface area contributed by atoms with Gasteiger partial charge in [0.2, 0.25) is 5.91 Å². The van der Waals surface area contributed by atoms with E-state index in [0.717, 1.165) is 17.7 Å². The predicted molar refractivity (Wildman–Crippen MR) is 72.5 cm³/mol. The maximum absolute atomic E-state index is 11.6. The minimum Gasteiger partial charge on any atom is -0.364 e. The van der Waals surface area contributed by atoms with Gasteiger partial charge in [0.1, 0.15) is 6.07 Å². The van der Waals surface area contributed by atoms with E-state index in [1.54, 1.807) is 4.90 Å². The highest BCUT2D eigenvalue weighted by atomic mass is 16.2. The summed E-state index contributed by atoms with van der Waals surface area (Å²) in [5, 5.41) is 11.9. The lowest BCUT2D eigenvalue weighted by Gasteiger charge is -2.20. The number of likely N-dealkylation sites (N-methyl/N-ethyl adjacent to an activating group) is 1. The van der Waals surface area contributed by atoms with E-state index < -0.39 is 0 Å². The Morgan fingerprint density at radius 1 is 1.50 bits per heavy atom. The van der Waals surface area contributed by atoms with Gasteiger partial charge in [0.15, 0.2) is 0 Å². The zero-order chi connectivity index (χ0) is 13.5. The van der Waals surface area contributed by atoms with Crippen molar-refractivity contribution in [2.75, 3.05) is 25.0 Å². The smallest absolute Gasteiger partial charge is 0.239 e. The summed E-state index contributed by atoms with van der Waals surface area (Å²) in [6, 6.07) is 7.81. The van der Waals surface area contributed by atoms with Crippen molar-refractivity contribution in [1.82, 2.24) is 5.32 Å². The summed E-state index contributed by atoms with van der Waals surface area (Å²) in [6.45, 7) is 4.90. The molecule has 0 atom stereocenters. The number of rotatable bonds is 5. The number of hydrogen-bond acceptors (Lipinski definition) is 3. The van der Waals surface area contributed by atoms with Crippen LogP contribution in [0.1, 0.15) is 24.5 Å². The topological polar surface area (TPSA) is 56.1 Å². The monoisotopic (exact) mass is 245 g/mol. The first-order chi connectivity index (χ1) is 8.58. The number of nitriles is 1. The van der Waals surface area contributed by atoms with Gasteiger partial charge in [0.25, 0.3) is 0 Å². The second-order valence-electron chi connectivity index (χ2n) is 4.34. The van der Waals surface area contributed by atoms with Gasteiger partial charge in [-0.2, -0.15) is 5.26 Å². The molecule has 0 aromatic heterocycles. The van der Waals surface area contributed by atoms with E-state index in [9.17, 15) is 4.79 Å². The number of carbonyl (C=O) groups excluding carboxylic acids is 1. The van der Waals surface area contributed by atoms with Gasteiger partial charge in [0, 0.05) is 13.6 Å². The van der Waals surface area contributed by atoms with Crippen molar-refractivity contribution < 1.29 is 4.79 Å². The van der Waals surface area contributed by atoms with Gasteiger partial charge in [0.05, 0.1) is 17.8 Å². The summed E-state index contributed by atoms with van der Waals surface area (Å²) in [6.07, 6.45) is 0.920. The zero-order valence-corrected chi connectivity index (χ0v) is 11.2. The van der Waals surface area contributed by atoms with Crippen LogP contribution in [0.25, 0.3) is 0 Å². The lowest BCUT2D eigenvalue weighted by molar-refractivity contribution is -0.119. The van der Waals surface area contributed by atoms with Gasteiger partial charge >= 0.3 is 0 Å². The van der Waals surface area contributed by atoms with E-state index >= 15 is 0 Å². The molecule has 1 aromatic carbocycles. The Morgan fingerprint density at radius 2 is 2.22 bits per heavy atom. The predicted octanol–water partition coefficient (Wildman–Crippen LogP) is 1.83. The molecule has 0 aliphatic carbocycles. The van der Waals surface area contributed by atoms with Crippen molar-refractivity contribution in [1.29, 1.82) is 5.26 Å². The van der Waals surface area contributed by atoms with Crippen LogP contribution in [0.15, 0.2) is 18.2 Å². The van der Waals surface area contributed by atoms with E-state index in [1.165, 1.54) is 0 Å². The fraction of sp³-hybridized carbons (Fsp3) is 0.429. The summed E-state index contributed by atoms with van der Waals surface area (Å²) < 4.78 is 0. The van der Waals surface area contributed by atoms with Crippen LogP contribution in [-0.4, -0.2) is 26.0 Å². The van der Waals surface area contributed by atoms with Crippen molar-refractivity contribution in [2.24, 2.45) is 0 Å². The van der Waals surface area contributed by atoms with Gasteiger partial charge in [-0.1, -0.05) is 13.0 Å². The van der Waals surface area contributed by atoms with Gasteiger partial charge in [-0.15, -0.1) is 0 Å². The third-order valence-corrected chi connectivity index (χ3v) is 2.64. The molecule has 4 nitrogen and oxygen atoms in total. The van der Waals surface area contributed by atoms with Gasteiger partial charge < -0.3 is 10.2 Å². The molecule has 0 aliphatic heterocycles. The molecule has 18 heavy (non-hydrogen) atoms. The highest BCUT2D eigenvalue weighted by molar-refractivity contribution is 5.81. The highest BCUT2D eigenvalue weighted by Crippen LogP contribution is 2.19. The number of aryl methyl sites for hydroxylation is 1. The molecule has 0 unspecified atom stereocenters. The molecule has 0 aliphatic rings. The Kier molecular flexibility index (Phi) is 5.19. The highest BCUT2D eigenvalue weighted by Gasteiger charge is 2.10. The second kappa shape index (κ2) is 6.65. The molecule has 1 amide bonds. The standard InChI is InChI=1S/C14H19N3O/c1-4-7-16-14(18)10-17(3)13-6-5-11(2)8-12(13)9-15/h5-6,8H,4,7,10H2,1-3H3,(H,16,18). The molecular weight excluding hydrogens is 226 g/mol. The molecule has 0 bridgehead atoms. The number of benzene rings is 1. The Morgan fingerprint density at radius 3 is 2.83 bits per heavy atom. The fourth-order valence-corrected chi connectivity index (χ4v) is 1.69. The maximum atomic E-state index is 11.6. The first-order valence-corrected chi connectivity index (χ1v) is 6.07. The lowest BCUT2D eigenvalue weighted by atomic mass is 10.1. The summed E-state index contributed by atoms with van der Waals surface area (Å²) in [5.74, 6) is -0.0242. The molecule has 0 saturated carbocycles. The number of nitrogens with zero attached hydrogens (tertiary/aromatic N) is 2. The van der Waals surface area contributed by atoms with Crippen LogP contribution < -0.4 is 10.2 Å². The molecule has 4 heteroatoms. The molecule has 0 saturated heterocycles. The third kappa shape index (κ3) is 3.77. The largest absolute Gasteiger partial charge is 0.364 e. The Balaban J connectivity index is 2.75. The molecule has 96 valence electrons. The Bertz CT molecular complexity index is 463. The van der Waals surface area contributed by atoms with Crippen LogP contribution in [-0.2, 0) is 4.79 Å². The Hall–Kier alpha value is -2.02. The van der Waals surface area contributed by atoms with Crippen molar-refractivity contribution in [3.63, 3.8) is 0 Å². The zero-order valence-electron chi connectivity index (χ0n) is 11.2. The number of carbonyl (C=O) groups is 1. The first-order valence-electron chi connectivity index (χ1n) is 6.07. The molecule has 1 aromatic rings. The van der Waals surface area contributed by atoms with Gasteiger partial charge in [-0.3, -0.25) is 4.79 Å². The van der Waals surface area contributed by atoms with Crippen molar-refractivity contribution in [2.45, 2.75) is 20.3 Å². The van der Waals surface area contributed by atoms with Crippen LogP contribution in [0.3, 0.4) is 0 Å². The molecule has 0 heterocycles. The quantitative estimate of drug-likeness (QED) is 0.861. The number of hydrogen-bond donors (Lipinski definition) is 1. The maximum Gasteiger partial charge on any atom is 0.239 e. The normalized spacial score (nSPS) is 9.67. The van der Waals surface area contributed by atoms with Crippen LogP contribution in [0, 0.1) is 18.3 Å². The average molecular weight is 245 g/mol. The number of amides is 1. The molecular formula is C14H19N3O. The lowest BCUT2D eigenvalue weighted by Crippen LogP contribution is -2.35. The van der Waals surface area contributed by atoms with E-state index in [1.807, 2.05) is 39.1 Å². The summed E-state index contributed by atoms with van der Waals surface area (Å²) >= 11 is 0. The third-order valence-electron chi connectivity index (χ3n) is 2.64. The minimum atomic E-state index is -0.0242. The molecule has 0 spiro atoms. The van der Waals surface area contributed by atoms with Crippen LogP contribution in [0.2, 0.25) is 0 Å². The van der Waals surface area contributed by atoms with Crippen LogP contribution in [0.4, 0.5) is 5.69 Å². The number of anilines is 1. The van der Waals surface area contributed by atoms with Gasteiger partial charge in [-0.25, -0.2) is 0 Å². The van der Waals surface area contributed by atoms with E-state index in [0.29, 0.717) is 12.1 Å². The van der Waals surface area contributed by atoms with E-state index in [2.05, 4.69) is 11.4 Å². The van der Waals surface area contributed by atoms with E-state index in [4.69, 9.17) is 5.26 Å². The van der Waals surface area contributed by atoms with Crippen molar-refractivity contribution in [3.8, 4) is 6.07 Å². The van der Waals surface area contributed by atoms with Crippen molar-refractivity contribution in [3.05, 3.63) is 29.3 Å². The first kappa shape index (κ1) is 14.0. The van der Waals surface area contributed by atoms with Crippen LogP contribution in [0.5, 0.6) is 0 Å². The second-order valence-corrected chi connectivity index (χ2v) is 4.34. The Labute approximate surface area is 108 Å². The summed E-state index contributed by atoms with van der Waals surface area (Å²) in [7, 11) is 1.82. The van der Waals surface area contributed by atoms with Crippen LogP contribution >= 0.6 is 0 Å². The van der Waals surface area contributed by atoms with Crippen molar-refractivity contribution >= 4 is 11.6 Å². The van der Waals surface area contributed by atoms with Gasteiger partial charge in [-0.05, 0) is 31.0 Å². The average Bonchev–Trinajstić information content (AvgIpc) is 2.35. The van der Waals surface area contributed by atoms with E-state index in [-0.39, 0.29) is 12.5 Å². The number of nitrogens with one attached hydrogen (secondary N) is 1. The molecule has 0 fully saturated rings. The summed E-state index contributed by atoms with van der Waals surface area (Å²) in [5.41, 5.74) is 2.43.